The molecule has 116 valence electrons. The smallest absolute Gasteiger partial charge is 0.0597 e. The lowest BCUT2D eigenvalue weighted by atomic mass is 9.91. The lowest BCUT2D eigenvalue weighted by Crippen LogP contribution is -2.63. The molecule has 3 fully saturated rings. The van der Waals surface area contributed by atoms with Gasteiger partial charge in [-0.1, -0.05) is 12.8 Å². The first kappa shape index (κ1) is 13.8. The molecular weight excluding hydrogens is 260 g/mol. The van der Waals surface area contributed by atoms with Gasteiger partial charge in [-0.05, 0) is 44.6 Å². The fraction of sp³-hybridized carbons (Fsp3) is 0.824. The summed E-state index contributed by atoms with van der Waals surface area (Å²) < 4.78 is 2.07. The van der Waals surface area contributed by atoms with Crippen molar-refractivity contribution in [2.75, 3.05) is 13.1 Å². The summed E-state index contributed by atoms with van der Waals surface area (Å²) in [5.41, 5.74) is 2.92. The second-order valence-electron chi connectivity index (χ2n) is 7.58. The predicted octanol–water partition coefficient (Wildman–Crippen LogP) is 2.23. The first-order chi connectivity index (χ1) is 10.2. The molecule has 2 saturated carbocycles. The third kappa shape index (κ3) is 2.64. The highest BCUT2D eigenvalue weighted by Gasteiger charge is 2.45. The number of aromatic nitrogens is 2. The van der Waals surface area contributed by atoms with Gasteiger partial charge in [0, 0.05) is 38.3 Å². The Hall–Kier alpha value is -0.870. The first-order valence-electron chi connectivity index (χ1n) is 8.64. The third-order valence-electron chi connectivity index (χ3n) is 5.85. The molecule has 1 spiro atoms. The van der Waals surface area contributed by atoms with Gasteiger partial charge in [-0.2, -0.15) is 5.10 Å². The molecule has 2 heterocycles. The van der Waals surface area contributed by atoms with Crippen LogP contribution in [0.1, 0.15) is 49.9 Å². The maximum atomic E-state index is 4.53. The van der Waals surface area contributed by atoms with Crippen LogP contribution in [-0.4, -0.2) is 39.4 Å². The van der Waals surface area contributed by atoms with E-state index in [-0.39, 0.29) is 0 Å². The van der Waals surface area contributed by atoms with Crippen molar-refractivity contribution < 1.29 is 0 Å². The lowest BCUT2D eigenvalue weighted by molar-refractivity contribution is 0.0607. The molecule has 1 saturated heterocycles. The van der Waals surface area contributed by atoms with Gasteiger partial charge in [0.2, 0.25) is 0 Å². The fourth-order valence-corrected chi connectivity index (χ4v) is 4.54. The molecule has 1 unspecified atom stereocenters. The highest BCUT2D eigenvalue weighted by atomic mass is 15.3. The standard InChI is InChI=1S/C17H28N4/c1-13-9-15(20(2)19-13)11-21-12-17(7-3-4-8-17)18-10-16(21)14-5-6-14/h9,14,16,18H,3-8,10-12H2,1-2H3. The van der Waals surface area contributed by atoms with E-state index < -0.39 is 0 Å². The molecule has 4 rings (SSSR count). The summed E-state index contributed by atoms with van der Waals surface area (Å²) in [5.74, 6) is 0.936. The van der Waals surface area contributed by atoms with Crippen LogP contribution in [0.3, 0.4) is 0 Å². The molecule has 1 aromatic heterocycles. The minimum Gasteiger partial charge on any atom is -0.308 e. The van der Waals surface area contributed by atoms with E-state index in [9.17, 15) is 0 Å². The van der Waals surface area contributed by atoms with E-state index in [4.69, 9.17) is 0 Å². The van der Waals surface area contributed by atoms with Crippen LogP contribution in [0.15, 0.2) is 6.07 Å². The Bertz CT molecular complexity index is 511. The summed E-state index contributed by atoms with van der Waals surface area (Å²) in [7, 11) is 2.09. The van der Waals surface area contributed by atoms with Crippen LogP contribution in [-0.2, 0) is 13.6 Å². The van der Waals surface area contributed by atoms with Crippen molar-refractivity contribution in [3.8, 4) is 0 Å². The van der Waals surface area contributed by atoms with Crippen molar-refractivity contribution in [1.82, 2.24) is 20.0 Å². The molecule has 1 N–H and O–H groups in total. The lowest BCUT2D eigenvalue weighted by Gasteiger charge is -2.46. The number of hydrogen-bond donors (Lipinski definition) is 1. The van der Waals surface area contributed by atoms with Gasteiger partial charge in [0.15, 0.2) is 0 Å². The molecule has 1 atom stereocenters. The van der Waals surface area contributed by atoms with Gasteiger partial charge in [-0.3, -0.25) is 9.58 Å². The molecule has 3 aliphatic rings. The van der Waals surface area contributed by atoms with E-state index in [0.717, 1.165) is 24.2 Å². The predicted molar refractivity (Wildman–Crippen MR) is 84.1 cm³/mol. The van der Waals surface area contributed by atoms with Crippen LogP contribution in [0.5, 0.6) is 0 Å². The zero-order chi connectivity index (χ0) is 14.4. The minimum atomic E-state index is 0.416. The van der Waals surface area contributed by atoms with Crippen LogP contribution in [0.4, 0.5) is 0 Å². The number of rotatable bonds is 3. The van der Waals surface area contributed by atoms with Crippen LogP contribution >= 0.6 is 0 Å². The number of piperazine rings is 1. The van der Waals surface area contributed by atoms with E-state index in [2.05, 4.69) is 40.0 Å². The van der Waals surface area contributed by atoms with Gasteiger partial charge in [0.05, 0.1) is 11.4 Å². The average Bonchev–Trinajstić information content (AvgIpc) is 3.11. The van der Waals surface area contributed by atoms with Crippen molar-refractivity contribution >= 4 is 0 Å². The summed E-state index contributed by atoms with van der Waals surface area (Å²) in [4.78, 5) is 2.77. The van der Waals surface area contributed by atoms with E-state index in [0.29, 0.717) is 5.54 Å². The molecule has 0 amide bonds. The van der Waals surface area contributed by atoms with Gasteiger partial charge >= 0.3 is 0 Å². The normalized spacial score (nSPS) is 29.3. The van der Waals surface area contributed by atoms with Crippen LogP contribution < -0.4 is 5.32 Å². The summed E-state index contributed by atoms with van der Waals surface area (Å²) in [5, 5.41) is 8.46. The molecule has 0 aromatic carbocycles. The summed E-state index contributed by atoms with van der Waals surface area (Å²) in [6.07, 6.45) is 8.40. The van der Waals surface area contributed by atoms with Crippen LogP contribution in [0.2, 0.25) is 0 Å². The summed E-state index contributed by atoms with van der Waals surface area (Å²) in [6, 6.07) is 3.00. The minimum absolute atomic E-state index is 0.416. The first-order valence-corrected chi connectivity index (χ1v) is 8.64. The average molecular weight is 288 g/mol. The zero-order valence-corrected chi connectivity index (χ0v) is 13.4. The summed E-state index contributed by atoms with van der Waals surface area (Å²) in [6.45, 7) is 5.60. The molecule has 4 nitrogen and oxygen atoms in total. The monoisotopic (exact) mass is 288 g/mol. The molecule has 1 aromatic rings. The van der Waals surface area contributed by atoms with Gasteiger partial charge in [0.25, 0.3) is 0 Å². The topological polar surface area (TPSA) is 33.1 Å². The van der Waals surface area contributed by atoms with Crippen LogP contribution in [0, 0.1) is 12.8 Å². The van der Waals surface area contributed by atoms with E-state index in [1.165, 1.54) is 57.3 Å². The van der Waals surface area contributed by atoms with Gasteiger partial charge in [0.1, 0.15) is 0 Å². The van der Waals surface area contributed by atoms with Gasteiger partial charge in [-0.25, -0.2) is 0 Å². The number of nitrogens with zero attached hydrogens (tertiary/aromatic N) is 3. The maximum Gasteiger partial charge on any atom is 0.0597 e. The van der Waals surface area contributed by atoms with Crippen molar-refractivity contribution in [3.05, 3.63) is 17.5 Å². The Kier molecular flexibility index (Phi) is 3.34. The molecule has 0 bridgehead atoms. The van der Waals surface area contributed by atoms with Crippen molar-refractivity contribution in [1.29, 1.82) is 0 Å². The molecule has 2 aliphatic carbocycles. The Balaban J connectivity index is 1.54. The molecular formula is C17H28N4. The van der Waals surface area contributed by atoms with Crippen molar-refractivity contribution in [3.63, 3.8) is 0 Å². The third-order valence-corrected chi connectivity index (χ3v) is 5.85. The highest BCUT2D eigenvalue weighted by Crippen LogP contribution is 2.41. The largest absolute Gasteiger partial charge is 0.308 e. The molecule has 4 heteroatoms. The SMILES string of the molecule is Cc1cc(CN2CC3(CCCC3)NCC2C2CC2)n(C)n1. The molecule has 0 radical (unpaired) electrons. The Morgan fingerprint density at radius 3 is 2.71 bits per heavy atom. The maximum absolute atomic E-state index is 4.53. The van der Waals surface area contributed by atoms with Crippen molar-refractivity contribution in [2.45, 2.75) is 63.6 Å². The van der Waals surface area contributed by atoms with E-state index in [1.54, 1.807) is 0 Å². The second kappa shape index (κ2) is 5.10. The van der Waals surface area contributed by atoms with Gasteiger partial charge < -0.3 is 5.32 Å². The zero-order valence-electron chi connectivity index (χ0n) is 13.4. The number of hydrogen-bond acceptors (Lipinski definition) is 3. The molecule has 21 heavy (non-hydrogen) atoms. The molecule has 1 aliphatic heterocycles. The van der Waals surface area contributed by atoms with E-state index in [1.807, 2.05) is 0 Å². The number of aryl methyl sites for hydroxylation is 2. The quantitative estimate of drug-likeness (QED) is 0.926. The number of nitrogens with one attached hydrogen (secondary N) is 1. The Morgan fingerprint density at radius 2 is 2.10 bits per heavy atom. The highest BCUT2D eigenvalue weighted by molar-refractivity contribution is 5.11. The van der Waals surface area contributed by atoms with Gasteiger partial charge in [-0.15, -0.1) is 0 Å². The van der Waals surface area contributed by atoms with Crippen molar-refractivity contribution in [2.24, 2.45) is 13.0 Å². The Labute approximate surface area is 127 Å². The second-order valence-corrected chi connectivity index (χ2v) is 7.58. The van der Waals surface area contributed by atoms with E-state index >= 15 is 0 Å². The fourth-order valence-electron chi connectivity index (χ4n) is 4.54. The Morgan fingerprint density at radius 1 is 1.33 bits per heavy atom. The van der Waals surface area contributed by atoms with Crippen LogP contribution in [0.25, 0.3) is 0 Å². The summed E-state index contributed by atoms with van der Waals surface area (Å²) >= 11 is 0.